The molecule has 1 aromatic rings. The quantitative estimate of drug-likeness (QED) is 0.0221. The van der Waals surface area contributed by atoms with Crippen molar-refractivity contribution in [3.05, 3.63) is 32.8 Å². The molecule has 0 spiro atoms. The lowest BCUT2D eigenvalue weighted by Crippen LogP contribution is -2.37. The molecule has 1 aromatic carbocycles. The third kappa shape index (κ3) is 40.0. The number of carbonyl (C=O) groups is 1. The van der Waals surface area contributed by atoms with Crippen LogP contribution in [0.2, 0.25) is 0 Å². The second-order valence-corrected chi connectivity index (χ2v) is 19.0. The van der Waals surface area contributed by atoms with Gasteiger partial charge in [-0.1, -0.05) is 253 Å². The Balaban J connectivity index is 0. The molecule has 0 saturated heterocycles. The van der Waals surface area contributed by atoms with Crippen LogP contribution in [0.5, 0.6) is 0 Å². The molecular formula is C56H109N3O5. The van der Waals surface area contributed by atoms with E-state index in [2.05, 4.69) is 43.2 Å². The number of nitrogens with one attached hydrogen (secondary N) is 2. The van der Waals surface area contributed by atoms with Gasteiger partial charge in [0, 0.05) is 13.6 Å². The van der Waals surface area contributed by atoms with Gasteiger partial charge in [-0.2, -0.15) is 0 Å². The molecule has 0 fully saturated rings. The highest BCUT2D eigenvalue weighted by Crippen LogP contribution is 2.26. The predicted octanol–water partition coefficient (Wildman–Crippen LogP) is 16.6. The Kier molecular flexibility index (Phi) is 51.4. The second-order valence-electron chi connectivity index (χ2n) is 19.0. The number of aliphatic hydroxyl groups is 1. The van der Waals surface area contributed by atoms with Gasteiger partial charge >= 0.3 is 0 Å². The van der Waals surface area contributed by atoms with Crippen molar-refractivity contribution < 1.29 is 15.0 Å². The van der Waals surface area contributed by atoms with Gasteiger partial charge in [-0.05, 0) is 57.2 Å². The number of allylic oxidation sites excluding steroid dienone is 1. The summed E-state index contributed by atoms with van der Waals surface area (Å²) < 4.78 is 0. The molecular weight excluding hydrogens is 795 g/mol. The molecule has 0 aliphatic heterocycles. The maximum absolute atomic E-state index is 12.0. The Hall–Kier alpha value is -2.35. The number of aliphatic hydroxyl groups excluding tert-OH is 1. The van der Waals surface area contributed by atoms with Crippen molar-refractivity contribution >= 4 is 17.8 Å². The van der Waals surface area contributed by atoms with Crippen LogP contribution in [-0.2, 0) is 4.79 Å². The fraction of sp³-hybridized carbons (Fsp3) is 0.875. The average molecular weight is 905 g/mol. The number of anilines is 2. The van der Waals surface area contributed by atoms with Gasteiger partial charge in [-0.3, -0.25) is 14.4 Å². The Morgan fingerprint density at radius 3 is 1.11 bits per heavy atom. The van der Waals surface area contributed by atoms with Gasteiger partial charge in [0.2, 0.25) is 0 Å². The summed E-state index contributed by atoms with van der Waals surface area (Å²) in [6.07, 6.45) is 54.0. The molecule has 8 heteroatoms. The maximum Gasteiger partial charge on any atom is 0.290 e. The summed E-state index contributed by atoms with van der Waals surface area (Å²) in [5.74, 6) is 1.93. The van der Waals surface area contributed by atoms with Gasteiger partial charge in [0.15, 0.2) is 0 Å². The van der Waals surface area contributed by atoms with Crippen molar-refractivity contribution in [1.82, 2.24) is 4.90 Å². The van der Waals surface area contributed by atoms with E-state index in [0.29, 0.717) is 11.4 Å². The van der Waals surface area contributed by atoms with Gasteiger partial charge in [0.05, 0.1) is 6.26 Å². The Labute approximate surface area is 397 Å². The zero-order valence-electron chi connectivity index (χ0n) is 43.4. The van der Waals surface area contributed by atoms with E-state index in [1.54, 1.807) is 13.1 Å². The number of unbranched alkanes of at least 4 members (excludes halogenated alkanes) is 23. The highest BCUT2D eigenvalue weighted by Gasteiger charge is 2.19. The number of nitrogens with zero attached hydrogens (tertiary/aromatic N) is 1. The second kappa shape index (κ2) is 51.6. The van der Waals surface area contributed by atoms with Gasteiger partial charge in [-0.15, -0.1) is 0 Å². The van der Waals surface area contributed by atoms with Gasteiger partial charge in [0.25, 0.3) is 17.3 Å². The van der Waals surface area contributed by atoms with E-state index in [0.717, 1.165) is 44.0 Å². The molecule has 64 heavy (non-hydrogen) atoms. The molecule has 0 aliphatic carbocycles. The van der Waals surface area contributed by atoms with Crippen molar-refractivity contribution in [3.63, 3.8) is 0 Å². The van der Waals surface area contributed by atoms with Crippen LogP contribution < -0.4 is 21.5 Å². The molecule has 0 aliphatic rings. The molecule has 0 bridgehead atoms. The van der Waals surface area contributed by atoms with E-state index < -0.39 is 0 Å². The average Bonchev–Trinajstić information content (AvgIpc) is 3.29. The van der Waals surface area contributed by atoms with E-state index in [9.17, 15) is 9.59 Å². The highest BCUT2D eigenvalue weighted by atomic mass is 16.3. The van der Waals surface area contributed by atoms with Crippen LogP contribution >= 0.6 is 0 Å². The van der Waals surface area contributed by atoms with Crippen LogP contribution in [-0.4, -0.2) is 54.8 Å². The minimum Gasteiger partial charge on any atom is -0.516 e. The predicted molar refractivity (Wildman–Crippen MR) is 282 cm³/mol. The number of hydrogen-bond donors (Lipinski definition) is 4. The van der Waals surface area contributed by atoms with Crippen molar-refractivity contribution in [1.29, 1.82) is 0 Å². The zero-order valence-corrected chi connectivity index (χ0v) is 43.4. The SMILES string of the molecule is CC/C=C/O.CCCCCCCCC(CCCCCCCC)CCCCCCCN(CCCCCCCCC(CCC)CCCCCCC)CCCNc1c(NC)c(=O)c1=O.O=CO. The van der Waals surface area contributed by atoms with E-state index in [1.165, 1.54) is 238 Å². The normalized spacial score (nSPS) is 11.8. The summed E-state index contributed by atoms with van der Waals surface area (Å²) in [5, 5.41) is 20.9. The minimum absolute atomic E-state index is 0.250. The Bertz CT molecular complexity index is 1170. The lowest BCUT2D eigenvalue weighted by molar-refractivity contribution is -0.122. The fourth-order valence-corrected chi connectivity index (χ4v) is 9.27. The van der Waals surface area contributed by atoms with E-state index >= 15 is 0 Å². The molecule has 4 N–H and O–H groups in total. The summed E-state index contributed by atoms with van der Waals surface area (Å²) in [5.41, 5.74) is 0.177. The lowest BCUT2D eigenvalue weighted by Gasteiger charge is -2.23. The molecule has 8 nitrogen and oxygen atoms in total. The molecule has 1 atom stereocenters. The third-order valence-electron chi connectivity index (χ3n) is 13.2. The van der Waals surface area contributed by atoms with Gasteiger partial charge in [-0.25, -0.2) is 0 Å². The van der Waals surface area contributed by atoms with E-state index in [4.69, 9.17) is 15.0 Å². The first kappa shape index (κ1) is 63.7. The van der Waals surface area contributed by atoms with E-state index in [1.807, 2.05) is 6.92 Å². The maximum atomic E-state index is 12.0. The smallest absolute Gasteiger partial charge is 0.290 e. The third-order valence-corrected chi connectivity index (χ3v) is 13.2. The van der Waals surface area contributed by atoms with E-state index in [-0.39, 0.29) is 17.3 Å². The van der Waals surface area contributed by atoms with Gasteiger partial charge in [0.1, 0.15) is 11.4 Å². The Morgan fingerprint density at radius 1 is 0.453 bits per heavy atom. The molecule has 1 rings (SSSR count). The van der Waals surface area contributed by atoms with Crippen molar-refractivity contribution in [2.75, 3.05) is 43.9 Å². The molecule has 0 heterocycles. The molecule has 0 saturated carbocycles. The molecule has 378 valence electrons. The van der Waals surface area contributed by atoms with Crippen LogP contribution in [0.15, 0.2) is 21.9 Å². The number of carboxylic acid groups (broad SMARTS) is 1. The first-order valence-electron chi connectivity index (χ1n) is 27.7. The topological polar surface area (TPSA) is 119 Å². The Morgan fingerprint density at radius 2 is 0.781 bits per heavy atom. The van der Waals surface area contributed by atoms with Crippen molar-refractivity contribution in [2.24, 2.45) is 11.8 Å². The molecule has 0 radical (unpaired) electrons. The van der Waals surface area contributed by atoms with Crippen molar-refractivity contribution in [3.8, 4) is 0 Å². The summed E-state index contributed by atoms with van der Waals surface area (Å²) in [7, 11) is 1.72. The van der Waals surface area contributed by atoms with Crippen LogP contribution in [0.25, 0.3) is 0 Å². The summed E-state index contributed by atoms with van der Waals surface area (Å²) in [4.78, 5) is 34.9. The van der Waals surface area contributed by atoms with Gasteiger partial charge < -0.3 is 25.7 Å². The zero-order chi connectivity index (χ0) is 47.6. The van der Waals surface area contributed by atoms with Crippen LogP contribution in [0.1, 0.15) is 272 Å². The highest BCUT2D eigenvalue weighted by molar-refractivity contribution is 5.73. The molecule has 0 amide bonds. The van der Waals surface area contributed by atoms with Crippen LogP contribution in [0.3, 0.4) is 0 Å². The first-order valence-corrected chi connectivity index (χ1v) is 27.7. The van der Waals surface area contributed by atoms with Crippen molar-refractivity contribution in [2.45, 2.75) is 272 Å². The largest absolute Gasteiger partial charge is 0.516 e. The lowest BCUT2D eigenvalue weighted by atomic mass is 9.89. The summed E-state index contributed by atoms with van der Waals surface area (Å²) in [6.45, 7) is 15.2. The summed E-state index contributed by atoms with van der Waals surface area (Å²) in [6, 6.07) is 0. The molecule has 0 aromatic heterocycles. The first-order chi connectivity index (χ1) is 31.3. The standard InChI is InChI=1S/C51H99N3O2.C4H8O.CH2O2/c1-6-10-13-16-22-30-39-47(40-31-23-17-14-11-7-2)41-32-25-20-27-34-44-54(45-35-42-53-49-48(52-5)50(55)51(49)56)43-33-26-19-18-24-29-38-46(36-9-4)37-28-21-15-12-8-3;1-2-3-4-5;2-1-3/h46-47,52-53H,6-45H2,1-5H3;3-5H,2H2,1H3;1H,(H,2,3)/b;4-3+;. The number of rotatable bonds is 46. The summed E-state index contributed by atoms with van der Waals surface area (Å²) >= 11 is 0. The molecule has 1 unspecified atom stereocenters. The van der Waals surface area contributed by atoms with Crippen LogP contribution in [0.4, 0.5) is 11.4 Å². The van der Waals surface area contributed by atoms with Crippen LogP contribution in [0, 0.1) is 11.8 Å². The fourth-order valence-electron chi connectivity index (χ4n) is 9.27. The monoisotopic (exact) mass is 904 g/mol. The number of hydrogen-bond acceptors (Lipinski definition) is 7. The minimum atomic E-state index is -0.388.